The lowest BCUT2D eigenvalue weighted by molar-refractivity contribution is 0.0505. The minimum absolute atomic E-state index is 0.561. The lowest BCUT2D eigenvalue weighted by Crippen LogP contribution is -2.51. The summed E-state index contributed by atoms with van der Waals surface area (Å²) in [6.45, 7) is 8.74. The molecule has 0 unspecified atom stereocenters. The van der Waals surface area contributed by atoms with Crippen molar-refractivity contribution in [2.45, 2.75) is 57.5 Å². The number of nitrogens with zero attached hydrogens (tertiary/aromatic N) is 1. The largest absolute Gasteiger partial charge is 0.367 e. The van der Waals surface area contributed by atoms with Crippen molar-refractivity contribution in [3.05, 3.63) is 12.3 Å². The molecule has 0 aromatic carbocycles. The van der Waals surface area contributed by atoms with Crippen LogP contribution in [0.4, 0.5) is 0 Å². The molecule has 1 saturated heterocycles. The van der Waals surface area contributed by atoms with E-state index in [1.165, 1.54) is 37.8 Å². The standard InChI is InChI=1S/C11H19N/c1-9(2)12-10(3)5-8-11(12)6-4-7-11/h9H,3-8H2,1-2H3. The summed E-state index contributed by atoms with van der Waals surface area (Å²) in [4.78, 5) is 2.58. The number of rotatable bonds is 1. The Morgan fingerprint density at radius 1 is 1.33 bits per heavy atom. The van der Waals surface area contributed by atoms with E-state index in [0.29, 0.717) is 11.6 Å². The maximum atomic E-state index is 4.16. The molecule has 0 bridgehead atoms. The molecule has 2 aliphatic rings. The first-order valence-corrected chi connectivity index (χ1v) is 5.13. The smallest absolute Gasteiger partial charge is 0.0405 e. The van der Waals surface area contributed by atoms with Gasteiger partial charge in [-0.3, -0.25) is 0 Å². The van der Waals surface area contributed by atoms with Crippen molar-refractivity contribution in [1.29, 1.82) is 0 Å². The third-order valence-corrected chi connectivity index (χ3v) is 3.53. The summed E-state index contributed by atoms with van der Waals surface area (Å²) in [7, 11) is 0. The zero-order valence-corrected chi connectivity index (χ0v) is 8.27. The van der Waals surface area contributed by atoms with Crippen LogP contribution < -0.4 is 0 Å². The Balaban J connectivity index is 2.19. The molecule has 2 rings (SSSR count). The Labute approximate surface area is 75.4 Å². The molecule has 1 aliphatic carbocycles. The Hall–Kier alpha value is -0.460. The Bertz CT molecular complexity index is 201. The van der Waals surface area contributed by atoms with Gasteiger partial charge in [-0.2, -0.15) is 0 Å². The first-order chi connectivity index (χ1) is 5.66. The Morgan fingerprint density at radius 3 is 2.33 bits per heavy atom. The molecule has 1 heteroatoms. The van der Waals surface area contributed by atoms with Gasteiger partial charge in [-0.15, -0.1) is 0 Å². The molecule has 1 heterocycles. The highest BCUT2D eigenvalue weighted by atomic mass is 15.3. The topological polar surface area (TPSA) is 3.24 Å². The number of allylic oxidation sites excluding steroid dienone is 1. The van der Waals surface area contributed by atoms with Crippen molar-refractivity contribution < 1.29 is 0 Å². The van der Waals surface area contributed by atoms with E-state index in [-0.39, 0.29) is 0 Å². The second kappa shape index (κ2) is 2.51. The van der Waals surface area contributed by atoms with E-state index >= 15 is 0 Å². The van der Waals surface area contributed by atoms with Crippen molar-refractivity contribution in [2.75, 3.05) is 0 Å². The molecule has 0 radical (unpaired) electrons. The van der Waals surface area contributed by atoms with Crippen LogP contribution >= 0.6 is 0 Å². The van der Waals surface area contributed by atoms with Gasteiger partial charge in [0.05, 0.1) is 0 Å². The fraction of sp³-hybridized carbons (Fsp3) is 0.818. The molecule has 2 fully saturated rings. The second-order valence-electron chi connectivity index (χ2n) is 4.61. The minimum Gasteiger partial charge on any atom is -0.367 e. The van der Waals surface area contributed by atoms with Gasteiger partial charge >= 0.3 is 0 Å². The molecule has 68 valence electrons. The zero-order chi connectivity index (χ0) is 8.77. The number of hydrogen-bond donors (Lipinski definition) is 0. The van der Waals surface area contributed by atoms with Crippen LogP contribution in [-0.4, -0.2) is 16.5 Å². The van der Waals surface area contributed by atoms with Crippen LogP contribution in [0.2, 0.25) is 0 Å². The maximum absolute atomic E-state index is 4.16. The van der Waals surface area contributed by atoms with Crippen LogP contribution in [0.3, 0.4) is 0 Å². The molecule has 1 saturated carbocycles. The van der Waals surface area contributed by atoms with Gasteiger partial charge < -0.3 is 4.90 Å². The normalized spacial score (nSPS) is 26.9. The third kappa shape index (κ3) is 0.917. The van der Waals surface area contributed by atoms with E-state index < -0.39 is 0 Å². The lowest BCUT2D eigenvalue weighted by Gasteiger charge is -2.49. The average Bonchev–Trinajstić information content (AvgIpc) is 2.25. The van der Waals surface area contributed by atoms with E-state index in [9.17, 15) is 0 Å². The highest BCUT2D eigenvalue weighted by Crippen LogP contribution is 2.49. The molecule has 0 amide bonds. The average molecular weight is 165 g/mol. The summed E-state index contributed by atoms with van der Waals surface area (Å²) in [6.07, 6.45) is 6.84. The molecule has 1 spiro atoms. The van der Waals surface area contributed by atoms with Crippen LogP contribution in [0.25, 0.3) is 0 Å². The second-order valence-corrected chi connectivity index (χ2v) is 4.61. The summed E-state index contributed by atoms with van der Waals surface area (Å²) < 4.78 is 0. The van der Waals surface area contributed by atoms with Gasteiger partial charge in [0.15, 0.2) is 0 Å². The summed E-state index contributed by atoms with van der Waals surface area (Å²) >= 11 is 0. The molecule has 0 N–H and O–H groups in total. The van der Waals surface area contributed by atoms with Gasteiger partial charge in [0.2, 0.25) is 0 Å². The van der Waals surface area contributed by atoms with E-state index in [1.807, 2.05) is 0 Å². The Morgan fingerprint density at radius 2 is 2.00 bits per heavy atom. The summed E-state index contributed by atoms with van der Waals surface area (Å²) in [5, 5.41) is 0. The van der Waals surface area contributed by atoms with Gasteiger partial charge in [-0.1, -0.05) is 6.58 Å². The Kier molecular flexibility index (Phi) is 1.71. The highest BCUT2D eigenvalue weighted by molar-refractivity contribution is 5.16. The summed E-state index contributed by atoms with van der Waals surface area (Å²) in [5.74, 6) is 0. The first-order valence-electron chi connectivity index (χ1n) is 5.13. The van der Waals surface area contributed by atoms with Crippen LogP contribution in [0.15, 0.2) is 12.3 Å². The van der Waals surface area contributed by atoms with Crippen molar-refractivity contribution in [3.63, 3.8) is 0 Å². The molecule has 12 heavy (non-hydrogen) atoms. The van der Waals surface area contributed by atoms with Gasteiger partial charge in [-0.25, -0.2) is 0 Å². The SMILES string of the molecule is C=C1CCC2(CCC2)N1C(C)C. The predicted molar refractivity (Wildman–Crippen MR) is 51.9 cm³/mol. The molecule has 1 aliphatic heterocycles. The fourth-order valence-electron chi connectivity index (χ4n) is 2.94. The monoisotopic (exact) mass is 165 g/mol. The van der Waals surface area contributed by atoms with Gasteiger partial charge in [0.1, 0.15) is 0 Å². The third-order valence-electron chi connectivity index (χ3n) is 3.53. The molecular weight excluding hydrogens is 146 g/mol. The molecule has 0 aromatic rings. The van der Waals surface area contributed by atoms with Crippen molar-refractivity contribution in [1.82, 2.24) is 4.90 Å². The number of hydrogen-bond acceptors (Lipinski definition) is 1. The quantitative estimate of drug-likeness (QED) is 0.577. The predicted octanol–water partition coefficient (Wildman–Crippen LogP) is 2.93. The minimum atomic E-state index is 0.561. The highest BCUT2D eigenvalue weighted by Gasteiger charge is 2.47. The maximum Gasteiger partial charge on any atom is 0.0405 e. The first kappa shape index (κ1) is 8.15. The van der Waals surface area contributed by atoms with E-state index in [2.05, 4.69) is 25.3 Å². The van der Waals surface area contributed by atoms with Crippen LogP contribution in [0, 0.1) is 0 Å². The lowest BCUT2D eigenvalue weighted by atomic mass is 9.74. The van der Waals surface area contributed by atoms with Crippen LogP contribution in [-0.2, 0) is 0 Å². The molecule has 0 atom stereocenters. The summed E-state index contributed by atoms with van der Waals surface area (Å²) in [6, 6.07) is 0.653. The van der Waals surface area contributed by atoms with E-state index in [1.54, 1.807) is 0 Å². The van der Waals surface area contributed by atoms with E-state index in [0.717, 1.165) is 0 Å². The van der Waals surface area contributed by atoms with Crippen molar-refractivity contribution in [3.8, 4) is 0 Å². The number of likely N-dealkylation sites (tertiary alicyclic amines) is 1. The van der Waals surface area contributed by atoms with Gasteiger partial charge in [0, 0.05) is 17.3 Å². The van der Waals surface area contributed by atoms with Gasteiger partial charge in [0.25, 0.3) is 0 Å². The molecule has 1 nitrogen and oxygen atoms in total. The summed E-state index contributed by atoms with van der Waals surface area (Å²) in [5.41, 5.74) is 1.94. The van der Waals surface area contributed by atoms with Crippen molar-refractivity contribution >= 4 is 0 Å². The van der Waals surface area contributed by atoms with Gasteiger partial charge in [-0.05, 0) is 46.0 Å². The zero-order valence-electron chi connectivity index (χ0n) is 8.27. The molecule has 0 aromatic heterocycles. The van der Waals surface area contributed by atoms with E-state index in [4.69, 9.17) is 0 Å². The molecular formula is C11H19N. The van der Waals surface area contributed by atoms with Crippen LogP contribution in [0.1, 0.15) is 46.0 Å². The van der Waals surface area contributed by atoms with Crippen LogP contribution in [0.5, 0.6) is 0 Å². The van der Waals surface area contributed by atoms with Crippen molar-refractivity contribution in [2.24, 2.45) is 0 Å². The fourth-order valence-corrected chi connectivity index (χ4v) is 2.94.